The Labute approximate surface area is 67.9 Å². The fraction of sp³-hybridized carbons (Fsp3) is 0. The number of halogens is 1. The Bertz CT molecular complexity index is 287. The Kier molecular flexibility index (Phi) is 3.10. The summed E-state index contributed by atoms with van der Waals surface area (Å²) >= 11 is 0. The van der Waals surface area contributed by atoms with Crippen molar-refractivity contribution in [1.82, 2.24) is 0 Å². The summed E-state index contributed by atoms with van der Waals surface area (Å²) in [6, 6.07) is 0. The Morgan fingerprint density at radius 3 is 2.73 bits per heavy atom. The van der Waals surface area contributed by atoms with Gasteiger partial charge in [0.2, 0.25) is 12.1 Å². The lowest BCUT2D eigenvalue weighted by molar-refractivity contribution is -0.111. The Balaban J connectivity index is 0.000001000. The number of nitrogens with zero attached hydrogens (tertiary/aromatic N) is 4. The average Bonchev–Trinajstić information content (AvgIpc) is 2.33. The van der Waals surface area contributed by atoms with E-state index >= 15 is 0 Å². The van der Waals surface area contributed by atoms with Crippen LogP contribution in [-0.2, 0) is 4.79 Å². The Morgan fingerprint density at radius 1 is 1.73 bits per heavy atom. The van der Waals surface area contributed by atoms with E-state index < -0.39 is 5.91 Å². The van der Waals surface area contributed by atoms with E-state index in [2.05, 4.69) is 14.8 Å². The molecule has 0 saturated carbocycles. The SMILES string of the molecule is Cl.[N-]=[N+]=C1N=CN=C1C(N)=O. The molecule has 58 valence electrons. The van der Waals surface area contributed by atoms with Crippen molar-refractivity contribution in [3.8, 4) is 0 Å². The van der Waals surface area contributed by atoms with E-state index in [1.165, 1.54) is 0 Å². The second-order valence-corrected chi connectivity index (χ2v) is 1.51. The monoisotopic (exact) mass is 173 g/mol. The van der Waals surface area contributed by atoms with Crippen molar-refractivity contribution < 1.29 is 9.58 Å². The molecule has 1 amide bonds. The fourth-order valence-electron chi connectivity index (χ4n) is 0.507. The van der Waals surface area contributed by atoms with Crippen molar-refractivity contribution in [3.63, 3.8) is 0 Å². The van der Waals surface area contributed by atoms with Gasteiger partial charge < -0.3 is 16.1 Å². The number of aliphatic imine (C=N–C) groups is 2. The zero-order valence-electron chi connectivity index (χ0n) is 5.26. The molecule has 11 heavy (non-hydrogen) atoms. The number of nitrogens with two attached hydrogens (primary N) is 1. The van der Waals surface area contributed by atoms with E-state index in [9.17, 15) is 4.79 Å². The minimum Gasteiger partial charge on any atom is -0.497 e. The molecular weight excluding hydrogens is 170 g/mol. The van der Waals surface area contributed by atoms with Crippen LogP contribution in [0, 0.1) is 0 Å². The lowest BCUT2D eigenvalue weighted by Crippen LogP contribution is -2.28. The minimum atomic E-state index is -0.759. The Morgan fingerprint density at radius 2 is 2.36 bits per heavy atom. The molecular formula is C4H4ClN5O. The molecule has 0 fully saturated rings. The molecule has 0 atom stereocenters. The van der Waals surface area contributed by atoms with Crippen LogP contribution in [0.1, 0.15) is 0 Å². The highest BCUT2D eigenvalue weighted by atomic mass is 35.5. The quantitative estimate of drug-likeness (QED) is 0.399. The van der Waals surface area contributed by atoms with Crippen molar-refractivity contribution in [2.24, 2.45) is 15.7 Å². The molecule has 0 aromatic heterocycles. The van der Waals surface area contributed by atoms with Crippen LogP contribution in [-0.4, -0.2) is 28.6 Å². The van der Waals surface area contributed by atoms with Crippen LogP contribution in [0.3, 0.4) is 0 Å². The maximum Gasteiger partial charge on any atom is 0.434 e. The number of carbonyl (C=O) groups excluding carboxylic acids is 1. The van der Waals surface area contributed by atoms with Gasteiger partial charge in [-0.2, -0.15) is 4.99 Å². The molecule has 1 aliphatic heterocycles. The molecule has 1 rings (SSSR count). The first-order valence-corrected chi connectivity index (χ1v) is 2.38. The first-order chi connectivity index (χ1) is 4.75. The third kappa shape index (κ3) is 1.70. The summed E-state index contributed by atoms with van der Waals surface area (Å²) in [5.74, 6) is -0.905. The zero-order chi connectivity index (χ0) is 7.56. The fourth-order valence-corrected chi connectivity index (χ4v) is 0.507. The number of rotatable bonds is 1. The highest BCUT2D eigenvalue weighted by Crippen LogP contribution is 1.89. The van der Waals surface area contributed by atoms with Crippen molar-refractivity contribution in [3.05, 3.63) is 5.53 Å². The van der Waals surface area contributed by atoms with Gasteiger partial charge in [0.05, 0.1) is 0 Å². The van der Waals surface area contributed by atoms with Gasteiger partial charge in [-0.3, -0.25) is 4.79 Å². The van der Waals surface area contributed by atoms with Gasteiger partial charge in [-0.15, -0.1) is 12.4 Å². The third-order valence-corrected chi connectivity index (χ3v) is 0.907. The summed E-state index contributed by atoms with van der Waals surface area (Å²) in [4.78, 5) is 19.9. The van der Waals surface area contributed by atoms with Gasteiger partial charge in [0.1, 0.15) is 0 Å². The minimum absolute atomic E-state index is 0. The third-order valence-electron chi connectivity index (χ3n) is 0.907. The van der Waals surface area contributed by atoms with Crippen LogP contribution in [0.5, 0.6) is 0 Å². The maximum atomic E-state index is 10.4. The standard InChI is InChI=1S/C4H3N5O.ClH/c5-3(10)2-4(9-6)8-1-7-2;/h1H,(H2,5,10);1H. The van der Waals surface area contributed by atoms with Crippen LogP contribution in [0.2, 0.25) is 0 Å². The van der Waals surface area contributed by atoms with Crippen LogP contribution >= 0.6 is 12.4 Å². The van der Waals surface area contributed by atoms with Gasteiger partial charge in [0.15, 0.2) is 0 Å². The van der Waals surface area contributed by atoms with Crippen molar-refractivity contribution in [2.75, 3.05) is 0 Å². The molecule has 7 heteroatoms. The van der Waals surface area contributed by atoms with E-state index in [-0.39, 0.29) is 24.0 Å². The largest absolute Gasteiger partial charge is 0.497 e. The van der Waals surface area contributed by atoms with E-state index in [0.717, 1.165) is 6.34 Å². The van der Waals surface area contributed by atoms with Gasteiger partial charge in [0, 0.05) is 0 Å². The number of amidine groups is 1. The second kappa shape index (κ2) is 3.60. The second-order valence-electron chi connectivity index (χ2n) is 1.51. The van der Waals surface area contributed by atoms with Gasteiger partial charge in [-0.1, -0.05) is 0 Å². The number of primary amides is 1. The molecule has 1 heterocycles. The molecule has 0 aliphatic carbocycles. The van der Waals surface area contributed by atoms with Gasteiger partial charge in [-0.25, -0.2) is 0 Å². The number of amides is 1. The molecule has 6 nitrogen and oxygen atoms in total. The van der Waals surface area contributed by atoms with Crippen LogP contribution in [0.15, 0.2) is 9.98 Å². The van der Waals surface area contributed by atoms with Crippen molar-refractivity contribution >= 4 is 36.2 Å². The zero-order valence-corrected chi connectivity index (χ0v) is 6.08. The van der Waals surface area contributed by atoms with Crippen LogP contribution in [0.4, 0.5) is 0 Å². The van der Waals surface area contributed by atoms with E-state index in [1.54, 1.807) is 0 Å². The average molecular weight is 174 g/mol. The normalized spacial score (nSPS) is 13.5. The number of carbonyl (C=O) groups is 1. The van der Waals surface area contributed by atoms with E-state index in [4.69, 9.17) is 11.3 Å². The first-order valence-electron chi connectivity index (χ1n) is 2.38. The summed E-state index contributed by atoms with van der Waals surface area (Å²) in [5, 5.41) is 0. The van der Waals surface area contributed by atoms with E-state index in [1.807, 2.05) is 0 Å². The summed E-state index contributed by atoms with van der Waals surface area (Å²) in [7, 11) is 0. The van der Waals surface area contributed by atoms with Crippen LogP contribution in [0.25, 0.3) is 5.53 Å². The Hall–Kier alpha value is -1.52. The van der Waals surface area contributed by atoms with Gasteiger partial charge in [-0.05, 0) is 4.99 Å². The molecule has 2 N–H and O–H groups in total. The molecule has 0 spiro atoms. The highest BCUT2D eigenvalue weighted by Gasteiger charge is 2.26. The summed E-state index contributed by atoms with van der Waals surface area (Å²) in [6.45, 7) is 0. The predicted octanol–water partition coefficient (Wildman–Crippen LogP) is -0.995. The molecule has 0 bridgehead atoms. The lowest BCUT2D eigenvalue weighted by atomic mass is 10.3. The smallest absolute Gasteiger partial charge is 0.434 e. The van der Waals surface area contributed by atoms with Crippen LogP contribution < -0.4 is 5.73 Å². The van der Waals surface area contributed by atoms with E-state index in [0.29, 0.717) is 0 Å². The summed E-state index contributed by atoms with van der Waals surface area (Å²) in [5.41, 5.74) is 12.9. The maximum absolute atomic E-state index is 10.4. The molecule has 0 aromatic rings. The molecule has 0 saturated heterocycles. The topological polar surface area (TPSA) is 104 Å². The molecule has 0 unspecified atom stereocenters. The molecule has 1 aliphatic rings. The lowest BCUT2D eigenvalue weighted by Gasteiger charge is -1.81. The first kappa shape index (κ1) is 9.48. The highest BCUT2D eigenvalue weighted by molar-refractivity contribution is 6.67. The molecule has 0 radical (unpaired) electrons. The number of hydrogen-bond acceptors (Lipinski definition) is 2. The summed E-state index contributed by atoms with van der Waals surface area (Å²) in [6.07, 6.45) is 1.09. The van der Waals surface area contributed by atoms with Crippen molar-refractivity contribution in [2.45, 2.75) is 0 Å². The van der Waals surface area contributed by atoms with Gasteiger partial charge in [0.25, 0.3) is 5.91 Å². The van der Waals surface area contributed by atoms with Gasteiger partial charge >= 0.3 is 5.84 Å². The van der Waals surface area contributed by atoms with Crippen molar-refractivity contribution in [1.29, 1.82) is 0 Å². The summed E-state index contributed by atoms with van der Waals surface area (Å²) < 4.78 is 0. The predicted molar refractivity (Wildman–Crippen MR) is 41.0 cm³/mol. The number of hydrogen-bond donors (Lipinski definition) is 1. The molecule has 0 aromatic carbocycles.